The average molecular weight is 477 g/mol. The Labute approximate surface area is 204 Å². The van der Waals surface area contributed by atoms with Crippen molar-refractivity contribution >= 4 is 34.3 Å². The van der Waals surface area contributed by atoms with E-state index in [0.29, 0.717) is 37.0 Å². The zero-order chi connectivity index (χ0) is 25.2. The van der Waals surface area contributed by atoms with Crippen molar-refractivity contribution in [2.45, 2.75) is 52.2 Å². The number of carbonyl (C=O) groups is 3. The van der Waals surface area contributed by atoms with Crippen LogP contribution in [0.15, 0.2) is 48.5 Å². The predicted molar refractivity (Wildman–Crippen MR) is 135 cm³/mol. The first-order valence-electron chi connectivity index (χ1n) is 11.8. The van der Waals surface area contributed by atoms with Crippen molar-refractivity contribution in [3.05, 3.63) is 59.8 Å². The highest BCUT2D eigenvalue weighted by atomic mass is 16.2. The monoisotopic (exact) mass is 476 g/mol. The van der Waals surface area contributed by atoms with Crippen LogP contribution in [0.25, 0.3) is 10.9 Å². The summed E-state index contributed by atoms with van der Waals surface area (Å²) in [5, 5.41) is 13.9. The standard InChI is InChI=1S/C26H32N6O3/c1-26(2,3)23(25(35)28-14-18-12-13-21(33)29-18)30-24(34)22-19-6-4-5-7-20(19)32(31-22)15-16-8-10-17(27)11-9-16/h4-11,18,23H,12-15,27H2,1-3H3,(H,28,35)(H,29,33)(H,30,34)/t18-,23?/m0/s1. The van der Waals surface area contributed by atoms with Crippen molar-refractivity contribution < 1.29 is 14.4 Å². The summed E-state index contributed by atoms with van der Waals surface area (Å²) >= 11 is 0. The van der Waals surface area contributed by atoms with Crippen LogP contribution in [0, 0.1) is 5.41 Å². The Morgan fingerprint density at radius 3 is 2.54 bits per heavy atom. The number of aromatic nitrogens is 2. The average Bonchev–Trinajstić information content (AvgIpc) is 3.40. The van der Waals surface area contributed by atoms with Gasteiger partial charge in [-0.3, -0.25) is 19.1 Å². The van der Waals surface area contributed by atoms with Gasteiger partial charge in [-0.15, -0.1) is 0 Å². The molecule has 1 unspecified atom stereocenters. The van der Waals surface area contributed by atoms with Gasteiger partial charge >= 0.3 is 0 Å². The summed E-state index contributed by atoms with van der Waals surface area (Å²) in [5.41, 5.74) is 8.03. The van der Waals surface area contributed by atoms with Crippen molar-refractivity contribution in [2.24, 2.45) is 5.41 Å². The van der Waals surface area contributed by atoms with Gasteiger partial charge in [0.2, 0.25) is 11.8 Å². The van der Waals surface area contributed by atoms with Crippen LogP contribution in [0.3, 0.4) is 0 Å². The summed E-state index contributed by atoms with van der Waals surface area (Å²) in [6.07, 6.45) is 1.15. The SMILES string of the molecule is CC(C)(C)C(NC(=O)c1nn(Cc2ccc(N)cc2)c2ccccc12)C(=O)NC[C@@H]1CCC(=O)N1. The molecule has 1 aliphatic rings. The van der Waals surface area contributed by atoms with E-state index in [2.05, 4.69) is 21.0 Å². The molecule has 1 aromatic heterocycles. The van der Waals surface area contributed by atoms with Gasteiger partial charge < -0.3 is 21.7 Å². The van der Waals surface area contributed by atoms with E-state index in [1.54, 1.807) is 4.68 Å². The number of para-hydroxylation sites is 1. The van der Waals surface area contributed by atoms with Crippen LogP contribution in [0.2, 0.25) is 0 Å². The summed E-state index contributed by atoms with van der Waals surface area (Å²) < 4.78 is 1.78. The lowest BCUT2D eigenvalue weighted by atomic mass is 9.86. The molecule has 0 saturated carbocycles. The van der Waals surface area contributed by atoms with Crippen molar-refractivity contribution in [3.8, 4) is 0 Å². The lowest BCUT2D eigenvalue weighted by molar-refractivity contribution is -0.125. The van der Waals surface area contributed by atoms with E-state index in [0.717, 1.165) is 11.1 Å². The van der Waals surface area contributed by atoms with Gasteiger partial charge in [0, 0.05) is 30.1 Å². The molecule has 5 N–H and O–H groups in total. The third kappa shape index (κ3) is 5.62. The Bertz CT molecular complexity index is 1240. The van der Waals surface area contributed by atoms with Crippen LogP contribution in [0.1, 0.15) is 49.7 Å². The maximum atomic E-state index is 13.4. The summed E-state index contributed by atoms with van der Waals surface area (Å²) in [6, 6.07) is 14.2. The molecule has 0 bridgehead atoms. The zero-order valence-electron chi connectivity index (χ0n) is 20.3. The molecule has 1 saturated heterocycles. The van der Waals surface area contributed by atoms with E-state index in [9.17, 15) is 14.4 Å². The fourth-order valence-electron chi connectivity index (χ4n) is 4.24. The fourth-order valence-corrected chi connectivity index (χ4v) is 4.24. The van der Waals surface area contributed by atoms with Gasteiger partial charge in [-0.25, -0.2) is 0 Å². The summed E-state index contributed by atoms with van der Waals surface area (Å²) in [7, 11) is 0. The first kappa shape index (κ1) is 24.3. The number of carbonyl (C=O) groups excluding carboxylic acids is 3. The van der Waals surface area contributed by atoms with Gasteiger partial charge in [-0.1, -0.05) is 51.1 Å². The fraction of sp³-hybridized carbons (Fsp3) is 0.385. The zero-order valence-corrected chi connectivity index (χ0v) is 20.3. The van der Waals surface area contributed by atoms with Gasteiger partial charge in [0.1, 0.15) is 6.04 Å². The molecule has 2 aromatic carbocycles. The number of nitrogens with zero attached hydrogens (tertiary/aromatic N) is 2. The van der Waals surface area contributed by atoms with Gasteiger partial charge in [-0.05, 0) is 35.6 Å². The topological polar surface area (TPSA) is 131 Å². The van der Waals surface area contributed by atoms with Crippen LogP contribution < -0.4 is 21.7 Å². The first-order chi connectivity index (χ1) is 16.6. The maximum Gasteiger partial charge on any atom is 0.273 e. The van der Waals surface area contributed by atoms with E-state index < -0.39 is 17.4 Å². The molecular weight excluding hydrogens is 444 g/mol. The van der Waals surface area contributed by atoms with Crippen molar-refractivity contribution in [2.75, 3.05) is 12.3 Å². The van der Waals surface area contributed by atoms with E-state index in [1.807, 2.05) is 69.3 Å². The number of rotatable bonds is 7. The molecule has 0 spiro atoms. The first-order valence-corrected chi connectivity index (χ1v) is 11.8. The molecule has 0 aliphatic carbocycles. The molecule has 35 heavy (non-hydrogen) atoms. The molecule has 9 heteroatoms. The quantitative estimate of drug-likeness (QED) is 0.388. The highest BCUT2D eigenvalue weighted by Crippen LogP contribution is 2.23. The summed E-state index contributed by atoms with van der Waals surface area (Å²) in [6.45, 7) is 6.49. The Morgan fingerprint density at radius 1 is 1.17 bits per heavy atom. The summed E-state index contributed by atoms with van der Waals surface area (Å²) in [4.78, 5) is 37.9. The second-order valence-electron chi connectivity index (χ2n) is 10.1. The Hall–Kier alpha value is -3.88. The number of anilines is 1. The van der Waals surface area contributed by atoms with Gasteiger partial charge in [0.15, 0.2) is 5.69 Å². The summed E-state index contributed by atoms with van der Waals surface area (Å²) in [5.74, 6) is -0.717. The lowest BCUT2D eigenvalue weighted by Crippen LogP contribution is -2.55. The minimum absolute atomic E-state index is 0.00800. The van der Waals surface area contributed by atoms with E-state index in [1.165, 1.54) is 0 Å². The molecule has 1 fully saturated rings. The molecule has 0 radical (unpaired) electrons. The van der Waals surface area contributed by atoms with Crippen LogP contribution in [0.4, 0.5) is 5.69 Å². The van der Waals surface area contributed by atoms with Crippen LogP contribution in [-0.2, 0) is 16.1 Å². The van der Waals surface area contributed by atoms with Gasteiger partial charge in [0.25, 0.3) is 5.91 Å². The van der Waals surface area contributed by atoms with Crippen LogP contribution in [-0.4, -0.2) is 46.1 Å². The second kappa shape index (κ2) is 9.77. The molecule has 184 valence electrons. The minimum Gasteiger partial charge on any atom is -0.399 e. The lowest BCUT2D eigenvalue weighted by Gasteiger charge is -2.30. The number of nitrogen functional groups attached to an aromatic ring is 1. The number of nitrogens with two attached hydrogens (primary N) is 1. The highest BCUT2D eigenvalue weighted by Gasteiger charge is 2.34. The molecule has 2 heterocycles. The third-order valence-corrected chi connectivity index (χ3v) is 6.20. The number of amides is 3. The number of benzene rings is 2. The van der Waals surface area contributed by atoms with E-state index in [4.69, 9.17) is 5.73 Å². The highest BCUT2D eigenvalue weighted by molar-refractivity contribution is 6.06. The molecule has 9 nitrogen and oxygen atoms in total. The molecule has 2 atom stereocenters. The van der Waals surface area contributed by atoms with Crippen molar-refractivity contribution in [3.63, 3.8) is 0 Å². The Balaban J connectivity index is 1.54. The second-order valence-corrected chi connectivity index (χ2v) is 10.1. The third-order valence-electron chi connectivity index (χ3n) is 6.20. The Morgan fingerprint density at radius 2 is 1.89 bits per heavy atom. The van der Waals surface area contributed by atoms with E-state index >= 15 is 0 Å². The van der Waals surface area contributed by atoms with Gasteiger partial charge in [0.05, 0.1) is 12.1 Å². The molecule has 3 amide bonds. The number of fused-ring (bicyclic) bond motifs is 1. The largest absolute Gasteiger partial charge is 0.399 e. The van der Waals surface area contributed by atoms with Crippen molar-refractivity contribution in [1.29, 1.82) is 0 Å². The van der Waals surface area contributed by atoms with Crippen molar-refractivity contribution in [1.82, 2.24) is 25.7 Å². The van der Waals surface area contributed by atoms with Gasteiger partial charge in [-0.2, -0.15) is 5.10 Å². The molecule has 3 aromatic rings. The molecular formula is C26H32N6O3. The number of nitrogens with one attached hydrogen (secondary N) is 3. The smallest absolute Gasteiger partial charge is 0.273 e. The molecule has 1 aliphatic heterocycles. The number of hydrogen-bond donors (Lipinski definition) is 4. The maximum absolute atomic E-state index is 13.4. The number of hydrogen-bond acceptors (Lipinski definition) is 5. The Kier molecular flexibility index (Phi) is 6.77. The van der Waals surface area contributed by atoms with E-state index in [-0.39, 0.29) is 23.6 Å². The predicted octanol–water partition coefficient (Wildman–Crippen LogP) is 2.21. The minimum atomic E-state index is -0.784. The van der Waals surface area contributed by atoms with Crippen LogP contribution >= 0.6 is 0 Å². The van der Waals surface area contributed by atoms with Crippen LogP contribution in [0.5, 0.6) is 0 Å². The normalized spacial score (nSPS) is 16.7. The molecule has 4 rings (SSSR count).